The number of carbonyl (C=O) groups excluding carboxylic acids is 1. The molecule has 24 heavy (non-hydrogen) atoms. The maximum atomic E-state index is 12.9. The first-order chi connectivity index (χ1) is 11.8. The van der Waals surface area contributed by atoms with Crippen LogP contribution in [0.3, 0.4) is 0 Å². The standard InChI is InChI=1S/C19H18N4O/c24-19(18-17(20-22-21-18)15-9-5-2-6-10-15)23-12-11-16(13-23)14-7-3-1-4-8-14/h1-10,16H,11-13H2,(H,20,21,22). The average Bonchev–Trinajstić information content (AvgIpc) is 3.32. The zero-order chi connectivity index (χ0) is 16.4. The molecule has 0 spiro atoms. The number of hydrogen-bond acceptors (Lipinski definition) is 3. The average molecular weight is 318 g/mol. The zero-order valence-corrected chi connectivity index (χ0v) is 13.2. The first kappa shape index (κ1) is 14.6. The fraction of sp³-hybridized carbons (Fsp3) is 0.211. The van der Waals surface area contributed by atoms with Crippen LogP contribution in [0.5, 0.6) is 0 Å². The van der Waals surface area contributed by atoms with Crippen LogP contribution in [-0.4, -0.2) is 39.3 Å². The van der Waals surface area contributed by atoms with Crippen molar-refractivity contribution in [3.05, 3.63) is 71.9 Å². The van der Waals surface area contributed by atoms with E-state index in [4.69, 9.17) is 0 Å². The summed E-state index contributed by atoms with van der Waals surface area (Å²) in [5, 5.41) is 10.9. The van der Waals surface area contributed by atoms with E-state index in [0.717, 1.165) is 25.1 Å². The first-order valence-electron chi connectivity index (χ1n) is 8.13. The van der Waals surface area contributed by atoms with Gasteiger partial charge in [-0.3, -0.25) is 4.79 Å². The van der Waals surface area contributed by atoms with Crippen molar-refractivity contribution >= 4 is 5.91 Å². The number of nitrogens with one attached hydrogen (secondary N) is 1. The van der Waals surface area contributed by atoms with E-state index in [1.54, 1.807) is 0 Å². The highest BCUT2D eigenvalue weighted by Crippen LogP contribution is 2.29. The molecular weight excluding hydrogens is 300 g/mol. The van der Waals surface area contributed by atoms with Crippen molar-refractivity contribution in [2.24, 2.45) is 0 Å². The van der Waals surface area contributed by atoms with Gasteiger partial charge < -0.3 is 4.90 Å². The number of hydrogen-bond donors (Lipinski definition) is 1. The van der Waals surface area contributed by atoms with Crippen LogP contribution in [0, 0.1) is 0 Å². The monoisotopic (exact) mass is 318 g/mol. The molecular formula is C19H18N4O. The van der Waals surface area contributed by atoms with Crippen molar-refractivity contribution in [1.29, 1.82) is 0 Å². The Kier molecular flexibility index (Phi) is 3.83. The molecule has 1 amide bonds. The molecule has 0 bridgehead atoms. The lowest BCUT2D eigenvalue weighted by atomic mass is 9.99. The molecule has 1 saturated heterocycles. The summed E-state index contributed by atoms with van der Waals surface area (Å²) in [5.74, 6) is 0.336. The van der Waals surface area contributed by atoms with Gasteiger partial charge in [-0.25, -0.2) is 0 Å². The summed E-state index contributed by atoms with van der Waals surface area (Å²) in [7, 11) is 0. The smallest absolute Gasteiger partial charge is 0.276 e. The van der Waals surface area contributed by atoms with Crippen LogP contribution in [0.1, 0.15) is 28.4 Å². The summed E-state index contributed by atoms with van der Waals surface area (Å²) in [6, 6.07) is 20.0. The summed E-state index contributed by atoms with van der Waals surface area (Å²) >= 11 is 0. The molecule has 1 aliphatic heterocycles. The molecule has 120 valence electrons. The van der Waals surface area contributed by atoms with E-state index in [-0.39, 0.29) is 5.91 Å². The fourth-order valence-electron chi connectivity index (χ4n) is 3.27. The van der Waals surface area contributed by atoms with Gasteiger partial charge in [-0.05, 0) is 12.0 Å². The Labute approximate surface area is 140 Å². The van der Waals surface area contributed by atoms with Gasteiger partial charge in [0, 0.05) is 24.6 Å². The summed E-state index contributed by atoms with van der Waals surface area (Å²) in [5.41, 5.74) is 3.20. The highest BCUT2D eigenvalue weighted by molar-refractivity contribution is 5.98. The third-order valence-corrected chi connectivity index (χ3v) is 4.54. The van der Waals surface area contributed by atoms with Gasteiger partial charge in [-0.2, -0.15) is 15.4 Å². The summed E-state index contributed by atoms with van der Waals surface area (Å²) in [6.07, 6.45) is 0.980. The quantitative estimate of drug-likeness (QED) is 0.807. The molecule has 5 heteroatoms. The number of benzene rings is 2. The molecule has 1 atom stereocenters. The second-order valence-corrected chi connectivity index (χ2v) is 6.03. The predicted octanol–water partition coefficient (Wildman–Crippen LogP) is 3.10. The molecule has 0 radical (unpaired) electrons. The van der Waals surface area contributed by atoms with Crippen molar-refractivity contribution in [1.82, 2.24) is 20.3 Å². The SMILES string of the molecule is O=C(c1n[nH]nc1-c1ccccc1)N1CCC(c2ccccc2)C1. The molecule has 1 aromatic heterocycles. The van der Waals surface area contributed by atoms with E-state index in [1.807, 2.05) is 53.4 Å². The van der Waals surface area contributed by atoms with E-state index in [1.165, 1.54) is 5.56 Å². The van der Waals surface area contributed by atoms with Gasteiger partial charge in [0.1, 0.15) is 5.69 Å². The third kappa shape index (κ3) is 2.69. The highest BCUT2D eigenvalue weighted by atomic mass is 16.2. The molecule has 0 saturated carbocycles. The number of carbonyl (C=O) groups is 1. The van der Waals surface area contributed by atoms with Gasteiger partial charge in [-0.1, -0.05) is 60.7 Å². The van der Waals surface area contributed by atoms with Crippen LogP contribution in [0.15, 0.2) is 60.7 Å². The highest BCUT2D eigenvalue weighted by Gasteiger charge is 2.30. The molecule has 1 unspecified atom stereocenters. The Morgan fingerprint density at radius 2 is 1.71 bits per heavy atom. The predicted molar refractivity (Wildman–Crippen MR) is 91.5 cm³/mol. The van der Waals surface area contributed by atoms with E-state index in [0.29, 0.717) is 17.3 Å². The van der Waals surface area contributed by atoms with Crippen LogP contribution in [0.4, 0.5) is 0 Å². The number of amides is 1. The molecule has 1 fully saturated rings. The van der Waals surface area contributed by atoms with Gasteiger partial charge in [0.05, 0.1) is 0 Å². The van der Waals surface area contributed by atoms with Crippen molar-refractivity contribution in [2.75, 3.05) is 13.1 Å². The number of aromatic nitrogens is 3. The Balaban J connectivity index is 1.55. The van der Waals surface area contributed by atoms with Gasteiger partial charge in [-0.15, -0.1) is 0 Å². The number of rotatable bonds is 3. The molecule has 3 aromatic rings. The van der Waals surface area contributed by atoms with E-state index < -0.39 is 0 Å². The van der Waals surface area contributed by atoms with Gasteiger partial charge in [0.15, 0.2) is 5.69 Å². The third-order valence-electron chi connectivity index (χ3n) is 4.54. The molecule has 1 N–H and O–H groups in total. The van der Waals surface area contributed by atoms with Crippen LogP contribution >= 0.6 is 0 Å². The maximum absolute atomic E-state index is 12.9. The Morgan fingerprint density at radius 3 is 2.46 bits per heavy atom. The summed E-state index contributed by atoms with van der Waals surface area (Å²) in [4.78, 5) is 14.8. The van der Waals surface area contributed by atoms with Crippen molar-refractivity contribution in [3.63, 3.8) is 0 Å². The minimum absolute atomic E-state index is 0.0546. The molecule has 0 aliphatic carbocycles. The Bertz CT molecular complexity index is 829. The van der Waals surface area contributed by atoms with Gasteiger partial charge in [0.2, 0.25) is 0 Å². The largest absolute Gasteiger partial charge is 0.337 e. The molecule has 4 rings (SSSR count). The fourth-order valence-corrected chi connectivity index (χ4v) is 3.27. The number of H-pyrrole nitrogens is 1. The second-order valence-electron chi connectivity index (χ2n) is 6.03. The second kappa shape index (κ2) is 6.28. The van der Waals surface area contributed by atoms with E-state index in [2.05, 4.69) is 27.5 Å². The van der Waals surface area contributed by atoms with Crippen LogP contribution in [0.25, 0.3) is 11.3 Å². The first-order valence-corrected chi connectivity index (χ1v) is 8.13. The lowest BCUT2D eigenvalue weighted by Crippen LogP contribution is -2.29. The van der Waals surface area contributed by atoms with Crippen LogP contribution in [-0.2, 0) is 0 Å². The number of aromatic amines is 1. The lowest BCUT2D eigenvalue weighted by Gasteiger charge is -2.16. The molecule has 5 nitrogen and oxygen atoms in total. The van der Waals surface area contributed by atoms with Crippen molar-refractivity contribution in [3.8, 4) is 11.3 Å². The molecule has 2 heterocycles. The zero-order valence-electron chi connectivity index (χ0n) is 13.2. The van der Waals surface area contributed by atoms with Crippen molar-refractivity contribution < 1.29 is 4.79 Å². The normalized spacial score (nSPS) is 17.2. The van der Waals surface area contributed by atoms with Gasteiger partial charge in [0.25, 0.3) is 5.91 Å². The molecule has 1 aliphatic rings. The van der Waals surface area contributed by atoms with E-state index in [9.17, 15) is 4.79 Å². The summed E-state index contributed by atoms with van der Waals surface area (Å²) < 4.78 is 0. The number of likely N-dealkylation sites (tertiary alicyclic amines) is 1. The van der Waals surface area contributed by atoms with E-state index >= 15 is 0 Å². The minimum Gasteiger partial charge on any atom is -0.337 e. The Hall–Kier alpha value is -2.95. The van der Waals surface area contributed by atoms with Crippen molar-refractivity contribution in [2.45, 2.75) is 12.3 Å². The topological polar surface area (TPSA) is 61.9 Å². The number of nitrogens with zero attached hydrogens (tertiary/aromatic N) is 3. The maximum Gasteiger partial charge on any atom is 0.276 e. The summed E-state index contributed by atoms with van der Waals surface area (Å²) in [6.45, 7) is 1.48. The van der Waals surface area contributed by atoms with Crippen LogP contribution in [0.2, 0.25) is 0 Å². The molecule has 2 aromatic carbocycles. The van der Waals surface area contributed by atoms with Gasteiger partial charge >= 0.3 is 0 Å². The lowest BCUT2D eigenvalue weighted by molar-refractivity contribution is 0.0785. The Morgan fingerprint density at radius 1 is 1.00 bits per heavy atom. The van der Waals surface area contributed by atoms with Crippen LogP contribution < -0.4 is 0 Å². The minimum atomic E-state index is -0.0546.